The molecule has 114 valence electrons. The number of carbonyl (C=O) groups is 2. The number of morpholine rings is 1. The Morgan fingerprint density at radius 1 is 1.33 bits per heavy atom. The average molecular weight is 293 g/mol. The Balaban J connectivity index is 1.87. The second kappa shape index (κ2) is 6.58. The molecule has 1 saturated heterocycles. The van der Waals surface area contributed by atoms with Gasteiger partial charge in [-0.25, -0.2) is 4.79 Å². The van der Waals surface area contributed by atoms with Crippen molar-refractivity contribution in [2.45, 2.75) is 26.1 Å². The van der Waals surface area contributed by atoms with E-state index in [-0.39, 0.29) is 36.0 Å². The Morgan fingerprint density at radius 2 is 2.00 bits per heavy atom. The second-order valence-electron chi connectivity index (χ2n) is 5.18. The van der Waals surface area contributed by atoms with E-state index in [2.05, 4.69) is 0 Å². The van der Waals surface area contributed by atoms with Crippen LogP contribution in [0.5, 0.6) is 5.75 Å². The maximum Gasteiger partial charge on any atom is 0.338 e. The van der Waals surface area contributed by atoms with Gasteiger partial charge in [0, 0.05) is 13.1 Å². The van der Waals surface area contributed by atoms with Gasteiger partial charge in [0.2, 0.25) is 0 Å². The van der Waals surface area contributed by atoms with E-state index in [1.165, 1.54) is 18.2 Å². The van der Waals surface area contributed by atoms with Crippen molar-refractivity contribution in [3.8, 4) is 5.75 Å². The van der Waals surface area contributed by atoms with Crippen molar-refractivity contribution in [1.29, 1.82) is 0 Å². The first-order valence-corrected chi connectivity index (χ1v) is 6.85. The van der Waals surface area contributed by atoms with E-state index in [1.54, 1.807) is 11.0 Å². The Hall–Kier alpha value is -2.08. The molecule has 1 amide bonds. The summed E-state index contributed by atoms with van der Waals surface area (Å²) in [4.78, 5) is 25.5. The zero-order valence-corrected chi connectivity index (χ0v) is 12.1. The summed E-state index contributed by atoms with van der Waals surface area (Å²) in [5.74, 6) is -0.897. The van der Waals surface area contributed by atoms with Gasteiger partial charge in [0.15, 0.2) is 6.61 Å². The van der Waals surface area contributed by atoms with E-state index >= 15 is 0 Å². The van der Waals surface area contributed by atoms with E-state index in [4.69, 9.17) is 9.47 Å². The highest BCUT2D eigenvalue weighted by Gasteiger charge is 2.26. The Labute approximate surface area is 123 Å². The first-order chi connectivity index (χ1) is 9.95. The number of ether oxygens (including phenoxy) is 2. The van der Waals surface area contributed by atoms with Crippen LogP contribution < -0.4 is 0 Å². The van der Waals surface area contributed by atoms with Gasteiger partial charge in [-0.3, -0.25) is 4.79 Å². The number of phenolic OH excluding ortho intramolecular Hbond substituents is 1. The van der Waals surface area contributed by atoms with Crippen LogP contribution in [0.2, 0.25) is 0 Å². The van der Waals surface area contributed by atoms with Crippen molar-refractivity contribution in [2.75, 3.05) is 19.7 Å². The average Bonchev–Trinajstić information content (AvgIpc) is 2.43. The topological polar surface area (TPSA) is 76.1 Å². The van der Waals surface area contributed by atoms with Crippen molar-refractivity contribution in [1.82, 2.24) is 4.90 Å². The third kappa shape index (κ3) is 4.19. The van der Waals surface area contributed by atoms with Crippen LogP contribution in [0, 0.1) is 0 Å². The largest absolute Gasteiger partial charge is 0.508 e. The van der Waals surface area contributed by atoms with Crippen molar-refractivity contribution >= 4 is 11.9 Å². The maximum absolute atomic E-state index is 12.0. The molecular formula is C15H19NO5. The molecular weight excluding hydrogens is 274 g/mol. The summed E-state index contributed by atoms with van der Waals surface area (Å²) in [6, 6.07) is 5.81. The predicted molar refractivity (Wildman–Crippen MR) is 75.0 cm³/mol. The molecule has 1 N–H and O–H groups in total. The molecule has 21 heavy (non-hydrogen) atoms. The highest BCUT2D eigenvalue weighted by molar-refractivity contribution is 5.91. The van der Waals surface area contributed by atoms with Gasteiger partial charge in [0.25, 0.3) is 5.91 Å². The molecule has 1 heterocycles. The third-order valence-corrected chi connectivity index (χ3v) is 3.18. The number of hydrogen-bond acceptors (Lipinski definition) is 5. The van der Waals surface area contributed by atoms with E-state index in [9.17, 15) is 14.7 Å². The Morgan fingerprint density at radius 3 is 2.62 bits per heavy atom. The summed E-state index contributed by atoms with van der Waals surface area (Å²) < 4.78 is 10.5. The number of carbonyl (C=O) groups excluding carboxylic acids is 2. The first kappa shape index (κ1) is 15.3. The molecule has 1 aromatic rings. The van der Waals surface area contributed by atoms with Gasteiger partial charge >= 0.3 is 5.97 Å². The van der Waals surface area contributed by atoms with Gasteiger partial charge in [0.05, 0.1) is 17.8 Å². The fourth-order valence-corrected chi connectivity index (χ4v) is 2.32. The summed E-state index contributed by atoms with van der Waals surface area (Å²) in [7, 11) is 0. The van der Waals surface area contributed by atoms with Crippen LogP contribution >= 0.6 is 0 Å². The van der Waals surface area contributed by atoms with Gasteiger partial charge in [-0.1, -0.05) is 6.07 Å². The summed E-state index contributed by atoms with van der Waals surface area (Å²) in [5.41, 5.74) is 0.214. The molecule has 0 radical (unpaired) electrons. The lowest BCUT2D eigenvalue weighted by atomic mass is 10.2. The molecule has 2 atom stereocenters. The third-order valence-electron chi connectivity index (χ3n) is 3.18. The molecule has 6 heteroatoms. The Bertz CT molecular complexity index is 521. The van der Waals surface area contributed by atoms with Crippen LogP contribution in [0.15, 0.2) is 24.3 Å². The summed E-state index contributed by atoms with van der Waals surface area (Å²) in [5, 5.41) is 9.30. The zero-order valence-electron chi connectivity index (χ0n) is 12.1. The second-order valence-corrected chi connectivity index (χ2v) is 5.18. The van der Waals surface area contributed by atoms with E-state index in [1.807, 2.05) is 13.8 Å². The number of amides is 1. The molecule has 0 saturated carbocycles. The standard InChI is InChI=1S/C15H19NO5/c1-10-7-16(8-11(2)21-10)14(18)9-20-15(19)12-4-3-5-13(17)6-12/h3-6,10-11,17H,7-9H2,1-2H3/t10-,11-/m1/s1. The molecule has 1 aromatic carbocycles. The minimum atomic E-state index is -0.631. The van der Waals surface area contributed by atoms with Crippen molar-refractivity contribution in [2.24, 2.45) is 0 Å². The number of hydrogen-bond donors (Lipinski definition) is 1. The summed E-state index contributed by atoms with van der Waals surface area (Å²) in [6.07, 6.45) is -0.0565. The van der Waals surface area contributed by atoms with Crippen LogP contribution in [0.1, 0.15) is 24.2 Å². The summed E-state index contributed by atoms with van der Waals surface area (Å²) in [6.45, 7) is 4.47. The zero-order chi connectivity index (χ0) is 15.4. The highest BCUT2D eigenvalue weighted by atomic mass is 16.5. The predicted octanol–water partition coefficient (Wildman–Crippen LogP) is 1.18. The lowest BCUT2D eigenvalue weighted by molar-refractivity contribution is -0.146. The molecule has 0 aromatic heterocycles. The van der Waals surface area contributed by atoms with Crippen LogP contribution in [-0.4, -0.2) is 53.8 Å². The maximum atomic E-state index is 12.0. The molecule has 2 rings (SSSR count). The lowest BCUT2D eigenvalue weighted by Gasteiger charge is -2.35. The monoisotopic (exact) mass is 293 g/mol. The summed E-state index contributed by atoms with van der Waals surface area (Å²) >= 11 is 0. The molecule has 1 aliphatic rings. The number of benzene rings is 1. The van der Waals surface area contributed by atoms with E-state index < -0.39 is 5.97 Å². The molecule has 0 aliphatic carbocycles. The molecule has 0 spiro atoms. The van der Waals surface area contributed by atoms with E-state index in [0.29, 0.717) is 13.1 Å². The van der Waals surface area contributed by atoms with Gasteiger partial charge in [-0.15, -0.1) is 0 Å². The van der Waals surface area contributed by atoms with Gasteiger partial charge in [-0.2, -0.15) is 0 Å². The van der Waals surface area contributed by atoms with Crippen molar-refractivity contribution in [3.63, 3.8) is 0 Å². The fourth-order valence-electron chi connectivity index (χ4n) is 2.32. The minimum Gasteiger partial charge on any atom is -0.508 e. The van der Waals surface area contributed by atoms with Crippen molar-refractivity contribution in [3.05, 3.63) is 29.8 Å². The number of rotatable bonds is 3. The van der Waals surface area contributed by atoms with Gasteiger partial charge < -0.3 is 19.5 Å². The molecule has 1 fully saturated rings. The number of nitrogens with zero attached hydrogens (tertiary/aromatic N) is 1. The SMILES string of the molecule is C[C@@H]1CN(C(=O)COC(=O)c2cccc(O)c2)C[C@@H](C)O1. The van der Waals surface area contributed by atoms with Gasteiger partial charge in [-0.05, 0) is 32.0 Å². The number of phenols is 1. The molecule has 0 unspecified atom stereocenters. The Kier molecular flexibility index (Phi) is 4.80. The van der Waals surface area contributed by atoms with Crippen molar-refractivity contribution < 1.29 is 24.2 Å². The molecule has 0 bridgehead atoms. The number of aromatic hydroxyl groups is 1. The molecule has 6 nitrogen and oxygen atoms in total. The minimum absolute atomic E-state index is 0.0217. The van der Waals surface area contributed by atoms with Crippen LogP contribution in [0.4, 0.5) is 0 Å². The highest BCUT2D eigenvalue weighted by Crippen LogP contribution is 2.13. The smallest absolute Gasteiger partial charge is 0.338 e. The molecule has 1 aliphatic heterocycles. The van der Waals surface area contributed by atoms with E-state index in [0.717, 1.165) is 0 Å². The normalized spacial score (nSPS) is 21.9. The fraction of sp³-hybridized carbons (Fsp3) is 0.467. The van der Waals surface area contributed by atoms with Crippen LogP contribution in [-0.2, 0) is 14.3 Å². The first-order valence-electron chi connectivity index (χ1n) is 6.85. The van der Waals surface area contributed by atoms with Crippen LogP contribution in [0.3, 0.4) is 0 Å². The van der Waals surface area contributed by atoms with Crippen LogP contribution in [0.25, 0.3) is 0 Å². The van der Waals surface area contributed by atoms with Gasteiger partial charge in [0.1, 0.15) is 5.75 Å². The quantitative estimate of drug-likeness (QED) is 0.847. The lowest BCUT2D eigenvalue weighted by Crippen LogP contribution is -2.49. The number of esters is 1.